The van der Waals surface area contributed by atoms with Crippen molar-refractivity contribution in [1.29, 1.82) is 0 Å². The van der Waals surface area contributed by atoms with E-state index in [1.165, 1.54) is 6.07 Å². The van der Waals surface area contributed by atoms with Crippen molar-refractivity contribution in [3.05, 3.63) is 35.5 Å². The predicted octanol–water partition coefficient (Wildman–Crippen LogP) is 1.92. The molecule has 0 radical (unpaired) electrons. The summed E-state index contributed by atoms with van der Waals surface area (Å²) in [6.45, 7) is 1.66. The molecule has 0 spiro atoms. The fourth-order valence-electron chi connectivity index (χ4n) is 1.60. The smallest absolute Gasteiger partial charge is 0.225 e. The van der Waals surface area contributed by atoms with Gasteiger partial charge in [0, 0.05) is 5.70 Å². The quantitative estimate of drug-likeness (QED) is 0.476. The molecule has 1 fully saturated rings. The Morgan fingerprint density at radius 1 is 1.35 bits per heavy atom. The molecule has 0 saturated carbocycles. The third-order valence-corrected chi connectivity index (χ3v) is 3.29. The molecule has 2 N–H and O–H groups in total. The van der Waals surface area contributed by atoms with Gasteiger partial charge in [0.05, 0.1) is 17.0 Å². The lowest BCUT2D eigenvalue weighted by molar-refractivity contribution is -0.115. The molecule has 1 aromatic rings. The molecule has 17 heavy (non-hydrogen) atoms. The van der Waals surface area contributed by atoms with Crippen LogP contribution in [0, 0.1) is 0 Å². The number of Topliss-reactive ketones (excluding diaryl/α,β-unsaturated/α-hetero) is 1. The van der Waals surface area contributed by atoms with E-state index >= 15 is 0 Å². The summed E-state index contributed by atoms with van der Waals surface area (Å²) in [5, 5.41) is 12.2. The number of rotatable bonds is 2. The highest BCUT2D eigenvalue weighted by Crippen LogP contribution is 2.28. The Morgan fingerprint density at radius 2 is 2.06 bits per heavy atom. The van der Waals surface area contributed by atoms with Crippen LogP contribution in [0.2, 0.25) is 0 Å². The zero-order chi connectivity index (χ0) is 12.4. The first-order valence-electron chi connectivity index (χ1n) is 5.06. The lowest BCUT2D eigenvalue weighted by atomic mass is 10.1. The molecule has 0 aromatic heterocycles. The third-order valence-electron chi connectivity index (χ3n) is 2.42. The Hall–Kier alpha value is -1.75. The summed E-state index contributed by atoms with van der Waals surface area (Å²) >= 11 is 1.01. The summed E-state index contributed by atoms with van der Waals surface area (Å²) in [4.78, 5) is 23.0. The van der Waals surface area contributed by atoms with Crippen molar-refractivity contribution >= 4 is 28.3 Å². The summed E-state index contributed by atoms with van der Waals surface area (Å²) in [6.07, 6.45) is 0. The number of aromatic hydroxyl groups is 1. The molecule has 1 aliphatic rings. The number of phenols is 1. The first-order chi connectivity index (χ1) is 8.09. The molecule has 0 unspecified atom stereocenters. The average Bonchev–Trinajstić information content (AvgIpc) is 2.62. The summed E-state index contributed by atoms with van der Waals surface area (Å²) in [7, 11) is 0. The van der Waals surface area contributed by atoms with E-state index in [-0.39, 0.29) is 28.0 Å². The highest BCUT2D eigenvalue weighted by atomic mass is 32.2. The van der Waals surface area contributed by atoms with Crippen molar-refractivity contribution < 1.29 is 14.7 Å². The molecule has 1 saturated heterocycles. The average molecular weight is 249 g/mol. The van der Waals surface area contributed by atoms with Gasteiger partial charge in [-0.05, 0) is 19.1 Å². The van der Waals surface area contributed by atoms with Gasteiger partial charge in [-0.3, -0.25) is 9.59 Å². The molecule has 1 aliphatic heterocycles. The zero-order valence-electron chi connectivity index (χ0n) is 9.19. The van der Waals surface area contributed by atoms with Crippen molar-refractivity contribution in [2.24, 2.45) is 0 Å². The maximum atomic E-state index is 11.5. The number of nitrogens with one attached hydrogen (secondary N) is 1. The minimum absolute atomic E-state index is 0.0815. The number of allylic oxidation sites excluding steroid dienone is 1. The molecule has 1 heterocycles. The number of carbonyl (C=O) groups is 2. The second-order valence-electron chi connectivity index (χ2n) is 3.64. The molecule has 0 amide bonds. The van der Waals surface area contributed by atoms with Crippen molar-refractivity contribution in [2.75, 3.05) is 11.1 Å². The Labute approximate surface area is 103 Å². The molecule has 0 atom stereocenters. The van der Waals surface area contributed by atoms with Gasteiger partial charge in [0.1, 0.15) is 5.75 Å². The first kappa shape index (κ1) is 11.7. The van der Waals surface area contributed by atoms with Crippen LogP contribution in [0.3, 0.4) is 0 Å². The fourth-order valence-corrected chi connectivity index (χ4v) is 2.41. The topological polar surface area (TPSA) is 66.4 Å². The van der Waals surface area contributed by atoms with E-state index in [0.29, 0.717) is 11.4 Å². The van der Waals surface area contributed by atoms with Gasteiger partial charge in [0.25, 0.3) is 0 Å². The molecule has 5 heteroatoms. The van der Waals surface area contributed by atoms with Crippen LogP contribution in [0.25, 0.3) is 0 Å². The molecule has 88 valence electrons. The largest absolute Gasteiger partial charge is 0.506 e. The number of phenolic OH excluding ortho intramolecular Hbond substituents is 1. The molecule has 2 rings (SSSR count). The van der Waals surface area contributed by atoms with Crippen molar-refractivity contribution in [3.8, 4) is 5.75 Å². The summed E-state index contributed by atoms with van der Waals surface area (Å²) in [6, 6.07) is 6.67. The molecular formula is C12H11NO3S. The van der Waals surface area contributed by atoms with E-state index in [1.54, 1.807) is 25.1 Å². The lowest BCUT2D eigenvalue weighted by Crippen LogP contribution is -2.09. The van der Waals surface area contributed by atoms with Crippen LogP contribution in [-0.2, 0) is 9.59 Å². The third kappa shape index (κ3) is 2.34. The van der Waals surface area contributed by atoms with Crippen LogP contribution < -0.4 is 5.32 Å². The maximum Gasteiger partial charge on any atom is 0.225 e. The van der Waals surface area contributed by atoms with E-state index in [9.17, 15) is 14.7 Å². The number of carbonyl (C=O) groups excluding carboxylic acids is 2. The van der Waals surface area contributed by atoms with Crippen molar-refractivity contribution in [3.63, 3.8) is 0 Å². The van der Waals surface area contributed by atoms with Gasteiger partial charge < -0.3 is 10.4 Å². The Morgan fingerprint density at radius 3 is 2.65 bits per heavy atom. The van der Waals surface area contributed by atoms with Gasteiger partial charge in [-0.2, -0.15) is 0 Å². The SMILES string of the molecule is CC(Nc1ccccc1O)=C1C(=O)CSC1=O. The van der Waals surface area contributed by atoms with Gasteiger partial charge in [0.15, 0.2) is 5.78 Å². The Kier molecular flexibility index (Phi) is 3.19. The van der Waals surface area contributed by atoms with Crippen LogP contribution in [0.4, 0.5) is 5.69 Å². The van der Waals surface area contributed by atoms with E-state index < -0.39 is 0 Å². The predicted molar refractivity (Wildman–Crippen MR) is 66.9 cm³/mol. The van der Waals surface area contributed by atoms with E-state index in [4.69, 9.17) is 0 Å². The molecular weight excluding hydrogens is 238 g/mol. The Balaban J connectivity index is 2.30. The molecule has 4 nitrogen and oxygen atoms in total. The highest BCUT2D eigenvalue weighted by molar-refractivity contribution is 8.15. The number of ketones is 1. The van der Waals surface area contributed by atoms with Gasteiger partial charge in [-0.1, -0.05) is 23.9 Å². The van der Waals surface area contributed by atoms with Gasteiger partial charge in [-0.25, -0.2) is 0 Å². The van der Waals surface area contributed by atoms with Gasteiger partial charge in [-0.15, -0.1) is 0 Å². The summed E-state index contributed by atoms with van der Waals surface area (Å²) in [5.74, 6) is 0.118. The van der Waals surface area contributed by atoms with Crippen LogP contribution in [0.1, 0.15) is 6.92 Å². The second kappa shape index (κ2) is 4.63. The minimum atomic E-state index is -0.213. The second-order valence-corrected chi connectivity index (χ2v) is 4.59. The number of hydrogen-bond donors (Lipinski definition) is 2. The summed E-state index contributed by atoms with van der Waals surface area (Å²) < 4.78 is 0. The van der Waals surface area contributed by atoms with Gasteiger partial charge in [0.2, 0.25) is 5.12 Å². The zero-order valence-corrected chi connectivity index (χ0v) is 10.0. The van der Waals surface area contributed by atoms with E-state index in [0.717, 1.165) is 11.8 Å². The van der Waals surface area contributed by atoms with Crippen molar-refractivity contribution in [2.45, 2.75) is 6.92 Å². The number of hydrogen-bond acceptors (Lipinski definition) is 5. The van der Waals surface area contributed by atoms with Crippen LogP contribution >= 0.6 is 11.8 Å². The van der Waals surface area contributed by atoms with E-state index in [2.05, 4.69) is 5.32 Å². The number of benzene rings is 1. The molecule has 0 bridgehead atoms. The van der Waals surface area contributed by atoms with Crippen molar-refractivity contribution in [1.82, 2.24) is 0 Å². The fraction of sp³-hybridized carbons (Fsp3) is 0.167. The molecule has 0 aliphatic carbocycles. The normalized spacial score (nSPS) is 18.4. The lowest BCUT2D eigenvalue weighted by Gasteiger charge is -2.09. The maximum absolute atomic E-state index is 11.5. The van der Waals surface area contributed by atoms with Crippen LogP contribution in [0.15, 0.2) is 35.5 Å². The highest BCUT2D eigenvalue weighted by Gasteiger charge is 2.29. The number of para-hydroxylation sites is 2. The van der Waals surface area contributed by atoms with Crippen LogP contribution in [-0.4, -0.2) is 21.8 Å². The van der Waals surface area contributed by atoms with Gasteiger partial charge >= 0.3 is 0 Å². The summed E-state index contributed by atoms with van der Waals surface area (Å²) in [5.41, 5.74) is 1.15. The number of anilines is 1. The standard InChI is InChI=1S/C12H11NO3S/c1-7(11-10(15)6-17-12(11)16)13-8-4-2-3-5-9(8)14/h2-5,13-14H,6H2,1H3. The first-order valence-corrected chi connectivity index (χ1v) is 6.04. The molecule has 1 aromatic carbocycles. The minimum Gasteiger partial charge on any atom is -0.506 e. The van der Waals surface area contributed by atoms with Crippen LogP contribution in [0.5, 0.6) is 5.75 Å². The van der Waals surface area contributed by atoms with E-state index in [1.807, 2.05) is 0 Å². The monoisotopic (exact) mass is 249 g/mol. The number of thioether (sulfide) groups is 1. The Bertz CT molecular complexity index is 504.